The molecule has 0 radical (unpaired) electrons. The second kappa shape index (κ2) is 6.36. The van der Waals surface area contributed by atoms with Crippen LogP contribution in [-0.2, 0) is 16.6 Å². The van der Waals surface area contributed by atoms with Gasteiger partial charge in [-0.3, -0.25) is 14.3 Å². The molecule has 110 valence electrons. The lowest BCUT2D eigenvalue weighted by atomic mass is 10.2. The van der Waals surface area contributed by atoms with Gasteiger partial charge >= 0.3 is 0 Å². The molecule has 0 amide bonds. The van der Waals surface area contributed by atoms with Crippen LogP contribution in [0.5, 0.6) is 5.75 Å². The van der Waals surface area contributed by atoms with Gasteiger partial charge in [0.2, 0.25) is 0 Å². The van der Waals surface area contributed by atoms with Crippen LogP contribution in [0.25, 0.3) is 0 Å². The van der Waals surface area contributed by atoms with Crippen molar-refractivity contribution >= 4 is 22.2 Å². The summed E-state index contributed by atoms with van der Waals surface area (Å²) in [5.41, 5.74) is 6.68. The molecule has 1 unspecified atom stereocenters. The van der Waals surface area contributed by atoms with Gasteiger partial charge in [0.1, 0.15) is 5.75 Å². The first-order valence-electron chi connectivity index (χ1n) is 6.06. The number of benzene rings is 2. The second-order valence-corrected chi connectivity index (χ2v) is 5.74. The lowest BCUT2D eigenvalue weighted by Gasteiger charge is -2.07. The summed E-state index contributed by atoms with van der Waals surface area (Å²) >= 11 is 0. The van der Waals surface area contributed by atoms with Gasteiger partial charge in [0.05, 0.1) is 39.5 Å². The Hall–Kier alpha value is -2.41. The molecule has 2 rings (SSSR count). The van der Waals surface area contributed by atoms with Crippen LogP contribution in [0.15, 0.2) is 47.4 Å². The number of methoxy groups -OCH3 is 1. The summed E-state index contributed by atoms with van der Waals surface area (Å²) in [5, 5.41) is 10.9. The van der Waals surface area contributed by atoms with Gasteiger partial charge in [-0.2, -0.15) is 0 Å². The number of rotatable bonds is 5. The summed E-state index contributed by atoms with van der Waals surface area (Å²) in [6.45, 7) is 0. The van der Waals surface area contributed by atoms with Crippen LogP contribution >= 0.6 is 0 Å². The highest BCUT2D eigenvalue weighted by Crippen LogP contribution is 2.25. The van der Waals surface area contributed by atoms with Crippen molar-refractivity contribution in [2.24, 2.45) is 0 Å². The van der Waals surface area contributed by atoms with Gasteiger partial charge < -0.3 is 10.5 Å². The quantitative estimate of drug-likeness (QED) is 0.520. The minimum absolute atomic E-state index is 0.0950. The third-order valence-electron chi connectivity index (χ3n) is 2.86. The second-order valence-electron chi connectivity index (χ2n) is 4.32. The highest BCUT2D eigenvalue weighted by molar-refractivity contribution is 7.84. The summed E-state index contributed by atoms with van der Waals surface area (Å²) in [7, 11) is 0.0447. The van der Waals surface area contributed by atoms with E-state index in [1.54, 1.807) is 30.3 Å². The van der Waals surface area contributed by atoms with E-state index in [0.29, 0.717) is 21.9 Å². The SMILES string of the molecule is COc1cc(CS(=O)c2ccccc2N)cc([N+](=O)[O-])c1. The summed E-state index contributed by atoms with van der Waals surface area (Å²) in [6, 6.07) is 11.2. The number of nitrogens with two attached hydrogens (primary N) is 1. The van der Waals surface area contributed by atoms with E-state index in [-0.39, 0.29) is 11.4 Å². The first-order valence-corrected chi connectivity index (χ1v) is 7.38. The van der Waals surface area contributed by atoms with Crippen molar-refractivity contribution < 1.29 is 13.9 Å². The smallest absolute Gasteiger partial charge is 0.273 e. The highest BCUT2D eigenvalue weighted by atomic mass is 32.2. The molecule has 0 aliphatic rings. The van der Waals surface area contributed by atoms with Crippen molar-refractivity contribution in [3.05, 3.63) is 58.1 Å². The number of non-ortho nitro benzene ring substituents is 1. The number of para-hydroxylation sites is 1. The highest BCUT2D eigenvalue weighted by Gasteiger charge is 2.14. The van der Waals surface area contributed by atoms with Crippen LogP contribution < -0.4 is 10.5 Å². The number of nitrogen functional groups attached to an aromatic ring is 1. The van der Waals surface area contributed by atoms with Gasteiger partial charge in [-0.05, 0) is 23.8 Å². The van der Waals surface area contributed by atoms with Crippen molar-refractivity contribution in [2.45, 2.75) is 10.6 Å². The van der Waals surface area contributed by atoms with Crippen LogP contribution in [0.4, 0.5) is 11.4 Å². The Kier molecular flexibility index (Phi) is 4.54. The number of hydrogen-bond acceptors (Lipinski definition) is 5. The number of nitro benzene ring substituents is 1. The van der Waals surface area contributed by atoms with Crippen LogP contribution in [0.3, 0.4) is 0 Å². The van der Waals surface area contributed by atoms with Gasteiger partial charge in [-0.15, -0.1) is 0 Å². The summed E-state index contributed by atoms with van der Waals surface area (Å²) in [6.07, 6.45) is 0. The van der Waals surface area contributed by atoms with Gasteiger partial charge in [0, 0.05) is 11.8 Å². The van der Waals surface area contributed by atoms with E-state index >= 15 is 0 Å². The van der Waals surface area contributed by atoms with Crippen molar-refractivity contribution in [3.8, 4) is 5.75 Å². The topological polar surface area (TPSA) is 95.5 Å². The molecule has 0 saturated carbocycles. The summed E-state index contributed by atoms with van der Waals surface area (Å²) < 4.78 is 17.4. The fourth-order valence-electron chi connectivity index (χ4n) is 1.87. The Bertz CT molecular complexity index is 703. The largest absolute Gasteiger partial charge is 0.496 e. The van der Waals surface area contributed by atoms with E-state index in [1.165, 1.54) is 19.2 Å². The number of hydrogen-bond donors (Lipinski definition) is 1. The molecule has 0 aliphatic heterocycles. The maximum atomic E-state index is 12.3. The van der Waals surface area contributed by atoms with E-state index in [0.717, 1.165) is 0 Å². The molecule has 0 spiro atoms. The average molecular weight is 306 g/mol. The third kappa shape index (κ3) is 3.57. The minimum atomic E-state index is -1.38. The van der Waals surface area contributed by atoms with Crippen molar-refractivity contribution in [1.29, 1.82) is 0 Å². The fraction of sp³-hybridized carbons (Fsp3) is 0.143. The third-order valence-corrected chi connectivity index (χ3v) is 4.32. The molecule has 0 aromatic heterocycles. The predicted molar refractivity (Wildman–Crippen MR) is 80.6 cm³/mol. The van der Waals surface area contributed by atoms with Crippen LogP contribution in [0, 0.1) is 10.1 Å². The number of ether oxygens (including phenoxy) is 1. The van der Waals surface area contributed by atoms with E-state index in [4.69, 9.17) is 10.5 Å². The number of nitro groups is 1. The van der Waals surface area contributed by atoms with E-state index in [9.17, 15) is 14.3 Å². The maximum Gasteiger partial charge on any atom is 0.273 e. The summed E-state index contributed by atoms with van der Waals surface area (Å²) in [5.74, 6) is 0.490. The molecule has 2 N–H and O–H groups in total. The standard InChI is InChI=1S/C14H14N2O4S/c1-20-12-7-10(6-11(8-12)16(17)18)9-21(19)14-5-3-2-4-13(14)15/h2-8H,9,15H2,1H3. The number of nitrogens with zero attached hydrogens (tertiary/aromatic N) is 1. The average Bonchev–Trinajstić information content (AvgIpc) is 2.47. The first kappa shape index (κ1) is 15.0. The number of anilines is 1. The van der Waals surface area contributed by atoms with Crippen molar-refractivity contribution in [3.63, 3.8) is 0 Å². The van der Waals surface area contributed by atoms with E-state index in [2.05, 4.69) is 0 Å². The molecule has 21 heavy (non-hydrogen) atoms. The fourth-order valence-corrected chi connectivity index (χ4v) is 3.05. The van der Waals surface area contributed by atoms with Crippen LogP contribution in [0.2, 0.25) is 0 Å². The molecule has 6 nitrogen and oxygen atoms in total. The zero-order chi connectivity index (χ0) is 15.4. The normalized spacial score (nSPS) is 11.9. The summed E-state index contributed by atoms with van der Waals surface area (Å²) in [4.78, 5) is 10.9. The zero-order valence-corrected chi connectivity index (χ0v) is 12.1. The Morgan fingerprint density at radius 2 is 2.00 bits per heavy atom. The maximum absolute atomic E-state index is 12.3. The van der Waals surface area contributed by atoms with Crippen LogP contribution in [0.1, 0.15) is 5.56 Å². The monoisotopic (exact) mass is 306 g/mol. The Morgan fingerprint density at radius 1 is 1.29 bits per heavy atom. The molecule has 1 atom stereocenters. The Morgan fingerprint density at radius 3 is 2.62 bits per heavy atom. The lowest BCUT2D eigenvalue weighted by molar-refractivity contribution is -0.385. The molecule has 0 heterocycles. The molecular formula is C14H14N2O4S. The molecule has 2 aromatic carbocycles. The van der Waals surface area contributed by atoms with Crippen molar-refractivity contribution in [2.75, 3.05) is 12.8 Å². The molecule has 7 heteroatoms. The van der Waals surface area contributed by atoms with Gasteiger partial charge in [0.15, 0.2) is 0 Å². The van der Waals surface area contributed by atoms with E-state index < -0.39 is 15.7 Å². The van der Waals surface area contributed by atoms with Crippen molar-refractivity contribution in [1.82, 2.24) is 0 Å². The molecule has 0 fully saturated rings. The molecule has 2 aromatic rings. The van der Waals surface area contributed by atoms with Gasteiger partial charge in [0.25, 0.3) is 5.69 Å². The zero-order valence-electron chi connectivity index (χ0n) is 11.3. The molecule has 0 bridgehead atoms. The van der Waals surface area contributed by atoms with E-state index in [1.807, 2.05) is 0 Å². The predicted octanol–water partition coefficient (Wildman–Crippen LogP) is 2.49. The molecular weight excluding hydrogens is 292 g/mol. The molecule has 0 saturated heterocycles. The van der Waals surface area contributed by atoms with Gasteiger partial charge in [-0.25, -0.2) is 0 Å². The lowest BCUT2D eigenvalue weighted by Crippen LogP contribution is -2.01. The molecule has 0 aliphatic carbocycles. The van der Waals surface area contributed by atoms with Gasteiger partial charge in [-0.1, -0.05) is 12.1 Å². The Balaban J connectivity index is 2.31. The first-order chi connectivity index (χ1) is 10.0. The van der Waals surface area contributed by atoms with Crippen LogP contribution in [-0.4, -0.2) is 16.2 Å². The minimum Gasteiger partial charge on any atom is -0.496 e. The Labute approximate surface area is 124 Å².